The average Bonchev–Trinajstić information content (AvgIpc) is 2.72. The maximum atomic E-state index is 13.2. The van der Waals surface area contributed by atoms with E-state index in [0.717, 1.165) is 0 Å². The number of rotatable bonds is 10. The fourth-order valence-electron chi connectivity index (χ4n) is 2.99. The van der Waals surface area contributed by atoms with E-state index in [4.69, 9.17) is 39.5 Å². The van der Waals surface area contributed by atoms with E-state index in [1.165, 1.54) is 4.90 Å². The molecule has 2 aromatic rings. The summed E-state index contributed by atoms with van der Waals surface area (Å²) in [6.07, 6.45) is 0.436. The van der Waals surface area contributed by atoms with Crippen molar-refractivity contribution in [3.63, 3.8) is 0 Å². The number of nitrogens with zero attached hydrogens (tertiary/aromatic N) is 1. The third-order valence-electron chi connectivity index (χ3n) is 4.67. The van der Waals surface area contributed by atoms with Crippen molar-refractivity contribution in [1.29, 1.82) is 0 Å². The number of carbonyl (C=O) groups excluding carboxylic acids is 2. The Labute approximate surface area is 212 Å². The molecule has 0 aromatic heterocycles. The zero-order valence-corrected chi connectivity index (χ0v) is 22.0. The molecule has 2 amide bonds. The molecule has 0 aliphatic heterocycles. The molecule has 1 atom stereocenters. The van der Waals surface area contributed by atoms with Gasteiger partial charge in [-0.1, -0.05) is 61.6 Å². The van der Waals surface area contributed by atoms with Crippen LogP contribution in [0.3, 0.4) is 0 Å². The van der Waals surface area contributed by atoms with Gasteiger partial charge in [-0.15, -0.1) is 0 Å². The largest absolute Gasteiger partial charge is 0.483 e. The summed E-state index contributed by atoms with van der Waals surface area (Å²) in [5.74, 6) is 0.207. The highest BCUT2D eigenvalue weighted by atomic mass is 79.9. The molecule has 32 heavy (non-hydrogen) atoms. The molecule has 1 N–H and O–H groups in total. The van der Waals surface area contributed by atoms with Gasteiger partial charge in [-0.25, -0.2) is 0 Å². The minimum Gasteiger partial charge on any atom is -0.483 e. The normalized spacial score (nSPS) is 11.9. The highest BCUT2D eigenvalue weighted by molar-refractivity contribution is 9.10. The van der Waals surface area contributed by atoms with E-state index in [-0.39, 0.29) is 30.9 Å². The summed E-state index contributed by atoms with van der Waals surface area (Å²) >= 11 is 21.7. The van der Waals surface area contributed by atoms with Crippen molar-refractivity contribution in [1.82, 2.24) is 10.2 Å². The predicted octanol–water partition coefficient (Wildman–Crippen LogP) is 6.37. The van der Waals surface area contributed by atoms with E-state index in [0.29, 0.717) is 43.8 Å². The first kappa shape index (κ1) is 26.8. The van der Waals surface area contributed by atoms with Crippen molar-refractivity contribution in [3.05, 3.63) is 61.5 Å². The van der Waals surface area contributed by atoms with Crippen molar-refractivity contribution in [2.75, 3.05) is 13.2 Å². The number of hydrogen-bond donors (Lipinski definition) is 1. The van der Waals surface area contributed by atoms with Crippen LogP contribution in [0, 0.1) is 5.92 Å². The molecule has 0 spiro atoms. The van der Waals surface area contributed by atoms with Crippen LogP contribution in [0.5, 0.6) is 5.75 Å². The van der Waals surface area contributed by atoms with Crippen LogP contribution in [0.4, 0.5) is 0 Å². The molecular formula is C23H26BrCl3N2O3. The van der Waals surface area contributed by atoms with Gasteiger partial charge < -0.3 is 15.0 Å². The fourth-order valence-corrected chi connectivity index (χ4v) is 4.26. The number of nitrogens with one attached hydrogen (secondary N) is 1. The predicted molar refractivity (Wildman–Crippen MR) is 134 cm³/mol. The molecular weight excluding hydrogens is 539 g/mol. The number of halogens is 4. The lowest BCUT2D eigenvalue weighted by atomic mass is 10.1. The highest BCUT2D eigenvalue weighted by Crippen LogP contribution is 2.28. The molecule has 2 aromatic carbocycles. The molecule has 0 unspecified atom stereocenters. The van der Waals surface area contributed by atoms with E-state index in [1.807, 2.05) is 20.8 Å². The molecule has 0 radical (unpaired) electrons. The minimum atomic E-state index is -0.676. The summed E-state index contributed by atoms with van der Waals surface area (Å²) in [5.41, 5.74) is 0.687. The Balaban J connectivity index is 2.26. The monoisotopic (exact) mass is 562 g/mol. The molecule has 0 fully saturated rings. The molecule has 5 nitrogen and oxygen atoms in total. The minimum absolute atomic E-state index is 0.146. The zero-order valence-electron chi connectivity index (χ0n) is 18.1. The van der Waals surface area contributed by atoms with Gasteiger partial charge in [0.25, 0.3) is 5.91 Å². The van der Waals surface area contributed by atoms with Crippen LogP contribution in [-0.2, 0) is 16.1 Å². The summed E-state index contributed by atoms with van der Waals surface area (Å²) in [6, 6.07) is 9.42. The van der Waals surface area contributed by atoms with Crippen LogP contribution in [0.15, 0.2) is 40.9 Å². The third kappa shape index (κ3) is 7.84. The standard InChI is InChI=1S/C23H26BrCl3N2O3/c1-4-20(23(31)28-11-14(2)3)29(12-15-5-6-17(26)10-19(15)27)22(30)13-32-21-8-7-16(25)9-18(21)24/h5-10,14,20H,4,11-13H2,1-3H3,(H,28,31)/t20-/m1/s1. The lowest BCUT2D eigenvalue weighted by Crippen LogP contribution is -2.50. The topological polar surface area (TPSA) is 58.6 Å². The van der Waals surface area contributed by atoms with Crippen molar-refractivity contribution in [2.24, 2.45) is 5.92 Å². The molecule has 0 saturated carbocycles. The van der Waals surface area contributed by atoms with Crippen LogP contribution >= 0.6 is 50.7 Å². The maximum Gasteiger partial charge on any atom is 0.261 e. The van der Waals surface area contributed by atoms with Gasteiger partial charge in [-0.3, -0.25) is 9.59 Å². The van der Waals surface area contributed by atoms with Crippen LogP contribution in [0.1, 0.15) is 32.8 Å². The van der Waals surface area contributed by atoms with E-state index in [1.54, 1.807) is 36.4 Å². The number of ether oxygens (including phenoxy) is 1. The number of amides is 2. The van der Waals surface area contributed by atoms with E-state index in [9.17, 15) is 9.59 Å². The first-order valence-electron chi connectivity index (χ1n) is 10.2. The van der Waals surface area contributed by atoms with Gasteiger partial charge >= 0.3 is 0 Å². The molecule has 9 heteroatoms. The SMILES string of the molecule is CC[C@H](C(=O)NCC(C)C)N(Cc1ccc(Cl)cc1Cl)C(=O)COc1ccc(Cl)cc1Br. The Bertz CT molecular complexity index is 956. The molecule has 0 aliphatic carbocycles. The van der Waals surface area contributed by atoms with Gasteiger partial charge in [0.2, 0.25) is 5.91 Å². The Morgan fingerprint density at radius 2 is 1.75 bits per heavy atom. The van der Waals surface area contributed by atoms with Crippen LogP contribution in [0.2, 0.25) is 15.1 Å². The summed E-state index contributed by atoms with van der Waals surface area (Å²) in [5, 5.41) is 4.38. The second-order valence-corrected chi connectivity index (χ2v) is 9.82. The van der Waals surface area contributed by atoms with Crippen molar-refractivity contribution < 1.29 is 14.3 Å². The molecule has 174 valence electrons. The van der Waals surface area contributed by atoms with Crippen molar-refractivity contribution in [2.45, 2.75) is 39.8 Å². The number of hydrogen-bond acceptors (Lipinski definition) is 3. The van der Waals surface area contributed by atoms with E-state index >= 15 is 0 Å². The van der Waals surface area contributed by atoms with E-state index in [2.05, 4.69) is 21.2 Å². The average molecular weight is 565 g/mol. The van der Waals surface area contributed by atoms with Gasteiger partial charge in [0.15, 0.2) is 6.61 Å². The third-order valence-corrected chi connectivity index (χ3v) is 6.11. The summed E-state index contributed by atoms with van der Waals surface area (Å²) in [7, 11) is 0. The Kier molecular flexibility index (Phi) is 10.6. The summed E-state index contributed by atoms with van der Waals surface area (Å²) < 4.78 is 6.34. The number of benzene rings is 2. The van der Waals surface area contributed by atoms with Gasteiger partial charge in [0.05, 0.1) is 4.47 Å². The Morgan fingerprint density at radius 3 is 2.34 bits per heavy atom. The van der Waals surface area contributed by atoms with Crippen LogP contribution < -0.4 is 10.1 Å². The smallest absolute Gasteiger partial charge is 0.261 e. The van der Waals surface area contributed by atoms with Crippen LogP contribution in [0.25, 0.3) is 0 Å². The number of carbonyl (C=O) groups is 2. The maximum absolute atomic E-state index is 13.2. The Hall–Kier alpha value is -1.47. The summed E-state index contributed by atoms with van der Waals surface area (Å²) in [6.45, 7) is 6.30. The summed E-state index contributed by atoms with van der Waals surface area (Å²) in [4.78, 5) is 27.6. The molecule has 0 bridgehead atoms. The molecule has 0 heterocycles. The van der Waals surface area contributed by atoms with E-state index < -0.39 is 6.04 Å². The Morgan fingerprint density at radius 1 is 1.09 bits per heavy atom. The van der Waals surface area contributed by atoms with Gasteiger partial charge in [-0.05, 0) is 64.2 Å². The molecule has 0 saturated heterocycles. The van der Waals surface area contributed by atoms with Crippen LogP contribution in [-0.4, -0.2) is 35.9 Å². The highest BCUT2D eigenvalue weighted by Gasteiger charge is 2.29. The lowest BCUT2D eigenvalue weighted by molar-refractivity contribution is -0.143. The molecule has 2 rings (SSSR count). The lowest BCUT2D eigenvalue weighted by Gasteiger charge is -2.31. The van der Waals surface area contributed by atoms with Gasteiger partial charge in [-0.2, -0.15) is 0 Å². The zero-order chi connectivity index (χ0) is 23.8. The van der Waals surface area contributed by atoms with Gasteiger partial charge in [0, 0.05) is 28.2 Å². The first-order valence-corrected chi connectivity index (χ1v) is 12.1. The first-order chi connectivity index (χ1) is 15.1. The second-order valence-electron chi connectivity index (χ2n) is 7.68. The quantitative estimate of drug-likeness (QED) is 0.365. The second kappa shape index (κ2) is 12.7. The van der Waals surface area contributed by atoms with Crippen molar-refractivity contribution in [3.8, 4) is 5.75 Å². The van der Waals surface area contributed by atoms with Gasteiger partial charge in [0.1, 0.15) is 11.8 Å². The van der Waals surface area contributed by atoms with Crippen molar-refractivity contribution >= 4 is 62.5 Å². The molecule has 0 aliphatic rings. The fraction of sp³-hybridized carbons (Fsp3) is 0.391.